The SMILES string of the molecule is C=C(CN1CC2CCCN2CC1C)C(=O)OCC. The van der Waals surface area contributed by atoms with Crippen molar-refractivity contribution in [3.63, 3.8) is 0 Å². The molecule has 2 aliphatic rings. The van der Waals surface area contributed by atoms with E-state index >= 15 is 0 Å². The van der Waals surface area contributed by atoms with Gasteiger partial charge in [0.1, 0.15) is 0 Å². The van der Waals surface area contributed by atoms with Crippen LogP contribution in [0.2, 0.25) is 0 Å². The summed E-state index contributed by atoms with van der Waals surface area (Å²) in [6.45, 7) is 12.4. The highest BCUT2D eigenvalue weighted by atomic mass is 16.5. The average molecular weight is 252 g/mol. The van der Waals surface area contributed by atoms with E-state index in [2.05, 4.69) is 23.3 Å². The summed E-state index contributed by atoms with van der Waals surface area (Å²) in [5.74, 6) is -0.251. The largest absolute Gasteiger partial charge is 0.463 e. The van der Waals surface area contributed by atoms with Gasteiger partial charge in [0.2, 0.25) is 0 Å². The maximum atomic E-state index is 11.6. The van der Waals surface area contributed by atoms with Gasteiger partial charge in [-0.1, -0.05) is 6.58 Å². The van der Waals surface area contributed by atoms with E-state index in [1.54, 1.807) is 0 Å². The van der Waals surface area contributed by atoms with Gasteiger partial charge in [0.15, 0.2) is 0 Å². The van der Waals surface area contributed by atoms with Crippen LogP contribution in [-0.4, -0.2) is 60.6 Å². The molecule has 2 aliphatic heterocycles. The maximum Gasteiger partial charge on any atom is 0.334 e. The van der Waals surface area contributed by atoms with Gasteiger partial charge in [-0.05, 0) is 33.2 Å². The summed E-state index contributed by atoms with van der Waals surface area (Å²) in [6.07, 6.45) is 2.60. The van der Waals surface area contributed by atoms with E-state index in [-0.39, 0.29) is 5.97 Å². The smallest absolute Gasteiger partial charge is 0.334 e. The molecule has 18 heavy (non-hydrogen) atoms. The van der Waals surface area contributed by atoms with Gasteiger partial charge in [0.25, 0.3) is 0 Å². The monoisotopic (exact) mass is 252 g/mol. The number of esters is 1. The summed E-state index contributed by atoms with van der Waals surface area (Å²) < 4.78 is 4.99. The van der Waals surface area contributed by atoms with E-state index < -0.39 is 0 Å². The van der Waals surface area contributed by atoms with Crippen molar-refractivity contribution < 1.29 is 9.53 Å². The van der Waals surface area contributed by atoms with Crippen LogP contribution in [0.4, 0.5) is 0 Å². The second-order valence-corrected chi connectivity index (χ2v) is 5.39. The number of fused-ring (bicyclic) bond motifs is 1. The minimum Gasteiger partial charge on any atom is -0.463 e. The minimum absolute atomic E-state index is 0.251. The fourth-order valence-corrected chi connectivity index (χ4v) is 3.01. The molecule has 0 aliphatic carbocycles. The van der Waals surface area contributed by atoms with Crippen molar-refractivity contribution in [1.82, 2.24) is 9.80 Å². The lowest BCUT2D eigenvalue weighted by Crippen LogP contribution is -2.55. The van der Waals surface area contributed by atoms with Crippen LogP contribution in [0, 0.1) is 0 Å². The normalized spacial score (nSPS) is 29.0. The predicted molar refractivity (Wildman–Crippen MR) is 71.4 cm³/mol. The van der Waals surface area contributed by atoms with Crippen LogP contribution in [0.15, 0.2) is 12.2 Å². The molecule has 0 aromatic rings. The van der Waals surface area contributed by atoms with Gasteiger partial charge >= 0.3 is 5.97 Å². The Balaban J connectivity index is 1.88. The van der Waals surface area contributed by atoms with Gasteiger partial charge < -0.3 is 4.74 Å². The highest BCUT2D eigenvalue weighted by Gasteiger charge is 2.34. The zero-order chi connectivity index (χ0) is 13.1. The number of carbonyl (C=O) groups is 1. The lowest BCUT2D eigenvalue weighted by molar-refractivity contribution is -0.138. The molecule has 4 heteroatoms. The third-order valence-corrected chi connectivity index (χ3v) is 4.02. The number of hydrogen-bond acceptors (Lipinski definition) is 4. The van der Waals surface area contributed by atoms with Crippen molar-refractivity contribution in [1.29, 1.82) is 0 Å². The van der Waals surface area contributed by atoms with Crippen molar-refractivity contribution in [3.05, 3.63) is 12.2 Å². The van der Waals surface area contributed by atoms with Crippen LogP contribution in [0.25, 0.3) is 0 Å². The molecule has 0 N–H and O–H groups in total. The molecule has 2 unspecified atom stereocenters. The van der Waals surface area contributed by atoms with Crippen molar-refractivity contribution in [2.75, 3.05) is 32.8 Å². The molecule has 102 valence electrons. The summed E-state index contributed by atoms with van der Waals surface area (Å²) in [7, 11) is 0. The van der Waals surface area contributed by atoms with Gasteiger partial charge in [-0.15, -0.1) is 0 Å². The average Bonchev–Trinajstić information content (AvgIpc) is 2.76. The number of hydrogen-bond donors (Lipinski definition) is 0. The number of ether oxygens (including phenoxy) is 1. The van der Waals surface area contributed by atoms with Gasteiger partial charge in [-0.3, -0.25) is 9.80 Å². The molecule has 0 radical (unpaired) electrons. The molecule has 0 aromatic heterocycles. The zero-order valence-corrected chi connectivity index (χ0v) is 11.5. The first-order valence-electron chi connectivity index (χ1n) is 6.94. The molecule has 2 fully saturated rings. The van der Waals surface area contributed by atoms with E-state index in [0.717, 1.165) is 13.1 Å². The molecule has 2 saturated heterocycles. The lowest BCUT2D eigenvalue weighted by atomic mass is 10.1. The van der Waals surface area contributed by atoms with Crippen LogP contribution in [0.5, 0.6) is 0 Å². The second-order valence-electron chi connectivity index (χ2n) is 5.39. The Kier molecular flexibility index (Phi) is 4.40. The molecule has 0 aromatic carbocycles. The second kappa shape index (κ2) is 5.85. The molecule has 0 saturated carbocycles. The first kappa shape index (κ1) is 13.6. The molecule has 0 amide bonds. The molecule has 2 atom stereocenters. The van der Waals surface area contributed by atoms with Gasteiger partial charge in [-0.2, -0.15) is 0 Å². The topological polar surface area (TPSA) is 32.8 Å². The molecule has 0 spiro atoms. The lowest BCUT2D eigenvalue weighted by Gasteiger charge is -2.42. The Morgan fingerprint density at radius 1 is 1.44 bits per heavy atom. The number of piperazine rings is 1. The fourth-order valence-electron chi connectivity index (χ4n) is 3.01. The molecule has 2 heterocycles. The Labute approximate surface area is 110 Å². The fraction of sp³-hybridized carbons (Fsp3) is 0.786. The van der Waals surface area contributed by atoms with Crippen molar-refractivity contribution in [2.24, 2.45) is 0 Å². The van der Waals surface area contributed by atoms with Gasteiger partial charge in [0.05, 0.1) is 6.61 Å². The van der Waals surface area contributed by atoms with Crippen molar-refractivity contribution in [2.45, 2.75) is 38.8 Å². The van der Waals surface area contributed by atoms with Crippen molar-refractivity contribution in [3.8, 4) is 0 Å². The number of carbonyl (C=O) groups excluding carboxylic acids is 1. The van der Waals surface area contributed by atoms with E-state index in [9.17, 15) is 4.79 Å². The van der Waals surface area contributed by atoms with Crippen molar-refractivity contribution >= 4 is 5.97 Å². The van der Waals surface area contributed by atoms with E-state index in [0.29, 0.717) is 30.8 Å². The molecular formula is C14H24N2O2. The Morgan fingerprint density at radius 2 is 2.22 bits per heavy atom. The quantitative estimate of drug-likeness (QED) is 0.557. The first-order valence-corrected chi connectivity index (χ1v) is 6.94. The Hall–Kier alpha value is -0.870. The molecule has 4 nitrogen and oxygen atoms in total. The summed E-state index contributed by atoms with van der Waals surface area (Å²) >= 11 is 0. The Morgan fingerprint density at radius 3 is 2.94 bits per heavy atom. The maximum absolute atomic E-state index is 11.6. The van der Waals surface area contributed by atoms with Crippen LogP contribution < -0.4 is 0 Å². The highest BCUT2D eigenvalue weighted by Crippen LogP contribution is 2.24. The zero-order valence-electron chi connectivity index (χ0n) is 11.5. The van der Waals surface area contributed by atoms with Gasteiger partial charge in [0, 0.05) is 37.3 Å². The summed E-state index contributed by atoms with van der Waals surface area (Å²) in [6, 6.07) is 1.17. The van der Waals surface area contributed by atoms with Crippen LogP contribution >= 0.6 is 0 Å². The van der Waals surface area contributed by atoms with E-state index in [1.165, 1.54) is 19.4 Å². The first-order chi connectivity index (χ1) is 8.61. The highest BCUT2D eigenvalue weighted by molar-refractivity contribution is 5.88. The van der Waals surface area contributed by atoms with E-state index in [4.69, 9.17) is 4.74 Å². The van der Waals surface area contributed by atoms with Crippen LogP contribution in [0.3, 0.4) is 0 Å². The van der Waals surface area contributed by atoms with Crippen LogP contribution in [0.1, 0.15) is 26.7 Å². The Bertz CT molecular complexity index is 330. The third kappa shape index (κ3) is 2.93. The molecular weight excluding hydrogens is 228 g/mol. The van der Waals surface area contributed by atoms with Crippen LogP contribution in [-0.2, 0) is 9.53 Å². The third-order valence-electron chi connectivity index (χ3n) is 4.02. The predicted octanol–water partition coefficient (Wildman–Crippen LogP) is 1.27. The summed E-state index contributed by atoms with van der Waals surface area (Å²) in [5, 5.41) is 0. The van der Waals surface area contributed by atoms with Gasteiger partial charge in [-0.25, -0.2) is 4.79 Å². The van der Waals surface area contributed by atoms with E-state index in [1.807, 2.05) is 6.92 Å². The summed E-state index contributed by atoms with van der Waals surface area (Å²) in [4.78, 5) is 16.5. The summed E-state index contributed by atoms with van der Waals surface area (Å²) in [5.41, 5.74) is 0.579. The molecule has 2 rings (SSSR count). The number of nitrogens with zero attached hydrogens (tertiary/aromatic N) is 2. The minimum atomic E-state index is -0.251. The standard InChI is InChI=1S/C14H24N2O2/c1-4-18-14(17)11(2)8-16-10-13-6-5-7-15(13)9-12(16)3/h12-13H,2,4-10H2,1,3H3. The molecule has 0 bridgehead atoms. The number of rotatable bonds is 4.